The first-order chi connectivity index (χ1) is 10.6. The van der Waals surface area contributed by atoms with Gasteiger partial charge in [-0.15, -0.1) is 0 Å². The maximum Gasteiger partial charge on any atom is 0.228 e. The van der Waals surface area contributed by atoms with E-state index < -0.39 is 0 Å². The third-order valence-corrected chi connectivity index (χ3v) is 4.76. The molecule has 0 radical (unpaired) electrons. The predicted molar refractivity (Wildman–Crippen MR) is 91.9 cm³/mol. The molecule has 0 bridgehead atoms. The fourth-order valence-corrected chi connectivity index (χ4v) is 3.51. The van der Waals surface area contributed by atoms with Crippen molar-refractivity contribution >= 4 is 21.8 Å². The molecule has 2 N–H and O–H groups in total. The summed E-state index contributed by atoms with van der Waals surface area (Å²) in [5.41, 5.74) is 0.833. The van der Waals surface area contributed by atoms with E-state index in [-0.39, 0.29) is 17.4 Å². The van der Waals surface area contributed by atoms with Crippen LogP contribution in [-0.2, 0) is 16.0 Å². The first-order valence-electron chi connectivity index (χ1n) is 7.81. The van der Waals surface area contributed by atoms with Crippen LogP contribution in [0, 0.1) is 5.41 Å². The number of benzene rings is 1. The molecule has 0 aliphatic carbocycles. The van der Waals surface area contributed by atoms with Gasteiger partial charge in [0, 0.05) is 17.6 Å². The summed E-state index contributed by atoms with van der Waals surface area (Å²) in [6.07, 6.45) is 2.49. The van der Waals surface area contributed by atoms with Gasteiger partial charge in [0.1, 0.15) is 0 Å². The van der Waals surface area contributed by atoms with E-state index in [1.807, 2.05) is 12.1 Å². The zero-order chi connectivity index (χ0) is 16.0. The summed E-state index contributed by atoms with van der Waals surface area (Å²) in [7, 11) is 1.67. The second kappa shape index (κ2) is 8.09. The zero-order valence-electron chi connectivity index (χ0n) is 13.3. The molecule has 1 aromatic carbocycles. The number of hydrogen-bond acceptors (Lipinski definition) is 3. The standard InChI is InChI=1S/C17H25BrN2O2/c1-13(10-14-4-3-5-15(18)11-14)20-16(21)17(12-22-2)6-8-19-9-7-17/h3-5,11,13,19H,6-10,12H2,1-2H3,(H,20,21). The van der Waals surface area contributed by atoms with Crippen molar-refractivity contribution in [1.29, 1.82) is 0 Å². The highest BCUT2D eigenvalue weighted by molar-refractivity contribution is 9.10. The number of rotatable bonds is 6. The first kappa shape index (κ1) is 17.4. The molecule has 1 amide bonds. The molecule has 0 saturated carbocycles. The van der Waals surface area contributed by atoms with Gasteiger partial charge in [0.05, 0.1) is 12.0 Å². The average molecular weight is 369 g/mol. The lowest BCUT2D eigenvalue weighted by atomic mass is 9.78. The maximum atomic E-state index is 12.7. The van der Waals surface area contributed by atoms with Crippen molar-refractivity contribution in [2.45, 2.75) is 32.2 Å². The lowest BCUT2D eigenvalue weighted by Gasteiger charge is -2.36. The topological polar surface area (TPSA) is 50.4 Å². The Bertz CT molecular complexity index is 496. The number of amides is 1. The van der Waals surface area contributed by atoms with Gasteiger partial charge in [0.2, 0.25) is 5.91 Å². The van der Waals surface area contributed by atoms with Gasteiger partial charge in [0.25, 0.3) is 0 Å². The highest BCUT2D eigenvalue weighted by Crippen LogP contribution is 2.29. The molecule has 2 rings (SSSR count). The lowest BCUT2D eigenvalue weighted by molar-refractivity contribution is -0.136. The third kappa shape index (κ3) is 4.54. The first-order valence-corrected chi connectivity index (χ1v) is 8.60. The van der Waals surface area contributed by atoms with Gasteiger partial charge in [-0.1, -0.05) is 28.1 Å². The summed E-state index contributed by atoms with van der Waals surface area (Å²) in [4.78, 5) is 12.7. The SMILES string of the molecule is COCC1(C(=O)NC(C)Cc2cccc(Br)c2)CCNCC1. The van der Waals surface area contributed by atoms with Gasteiger partial charge in [-0.3, -0.25) is 4.79 Å². The van der Waals surface area contributed by atoms with Crippen LogP contribution in [-0.4, -0.2) is 38.8 Å². The van der Waals surface area contributed by atoms with Gasteiger partial charge in [-0.2, -0.15) is 0 Å². The number of nitrogens with one attached hydrogen (secondary N) is 2. The van der Waals surface area contributed by atoms with Crippen LogP contribution >= 0.6 is 15.9 Å². The molecular formula is C17H25BrN2O2. The molecule has 22 heavy (non-hydrogen) atoms. The van der Waals surface area contributed by atoms with Crippen LogP contribution in [0.25, 0.3) is 0 Å². The number of carbonyl (C=O) groups is 1. The van der Waals surface area contributed by atoms with Gasteiger partial charge in [0.15, 0.2) is 0 Å². The van der Waals surface area contributed by atoms with Crippen molar-refractivity contribution in [2.24, 2.45) is 5.41 Å². The number of halogens is 1. The Morgan fingerprint density at radius 3 is 2.82 bits per heavy atom. The molecule has 1 heterocycles. The molecular weight excluding hydrogens is 344 g/mol. The molecule has 0 spiro atoms. The highest BCUT2D eigenvalue weighted by atomic mass is 79.9. The second-order valence-corrected chi connectivity index (χ2v) is 7.09. The van der Waals surface area contributed by atoms with E-state index in [2.05, 4.69) is 45.6 Å². The van der Waals surface area contributed by atoms with Crippen LogP contribution in [0.4, 0.5) is 0 Å². The van der Waals surface area contributed by atoms with E-state index in [0.29, 0.717) is 6.61 Å². The Morgan fingerprint density at radius 2 is 2.18 bits per heavy atom. The lowest BCUT2D eigenvalue weighted by Crippen LogP contribution is -2.52. The highest BCUT2D eigenvalue weighted by Gasteiger charge is 2.39. The Balaban J connectivity index is 1.96. The Labute approximate surface area is 141 Å². The molecule has 4 nitrogen and oxygen atoms in total. The predicted octanol–water partition coefficient (Wildman–Crippen LogP) is 2.51. The van der Waals surface area contributed by atoms with Crippen molar-refractivity contribution in [3.63, 3.8) is 0 Å². The number of piperidine rings is 1. The monoisotopic (exact) mass is 368 g/mol. The molecule has 1 unspecified atom stereocenters. The summed E-state index contributed by atoms with van der Waals surface area (Å²) in [5.74, 6) is 0.123. The molecule has 5 heteroatoms. The van der Waals surface area contributed by atoms with E-state index in [1.54, 1.807) is 7.11 Å². The van der Waals surface area contributed by atoms with Crippen molar-refractivity contribution < 1.29 is 9.53 Å². The minimum Gasteiger partial charge on any atom is -0.384 e. The van der Waals surface area contributed by atoms with E-state index in [1.165, 1.54) is 5.56 Å². The summed E-state index contributed by atoms with van der Waals surface area (Å²) in [5, 5.41) is 6.49. The van der Waals surface area contributed by atoms with E-state index in [4.69, 9.17) is 4.74 Å². The van der Waals surface area contributed by atoms with Crippen LogP contribution in [0.1, 0.15) is 25.3 Å². The minimum atomic E-state index is -0.383. The minimum absolute atomic E-state index is 0.102. The number of hydrogen-bond donors (Lipinski definition) is 2. The normalized spacial score (nSPS) is 18.7. The van der Waals surface area contributed by atoms with Gasteiger partial charge in [-0.05, 0) is 57.0 Å². The van der Waals surface area contributed by atoms with Gasteiger partial charge < -0.3 is 15.4 Å². The molecule has 122 valence electrons. The van der Waals surface area contributed by atoms with Gasteiger partial charge in [-0.25, -0.2) is 0 Å². The molecule has 1 aromatic rings. The number of ether oxygens (including phenoxy) is 1. The van der Waals surface area contributed by atoms with Crippen LogP contribution in [0.5, 0.6) is 0 Å². The Morgan fingerprint density at radius 1 is 1.45 bits per heavy atom. The second-order valence-electron chi connectivity index (χ2n) is 6.17. The van der Waals surface area contributed by atoms with E-state index >= 15 is 0 Å². The third-order valence-electron chi connectivity index (χ3n) is 4.27. The van der Waals surface area contributed by atoms with Crippen molar-refractivity contribution in [1.82, 2.24) is 10.6 Å². The van der Waals surface area contributed by atoms with Crippen molar-refractivity contribution in [3.05, 3.63) is 34.3 Å². The molecule has 0 aromatic heterocycles. The molecule has 1 saturated heterocycles. The molecule has 1 aliphatic heterocycles. The summed E-state index contributed by atoms with van der Waals surface area (Å²) in [6.45, 7) is 4.29. The van der Waals surface area contributed by atoms with Crippen LogP contribution in [0.2, 0.25) is 0 Å². The largest absolute Gasteiger partial charge is 0.384 e. The van der Waals surface area contributed by atoms with Crippen molar-refractivity contribution in [2.75, 3.05) is 26.8 Å². The van der Waals surface area contributed by atoms with Crippen LogP contribution < -0.4 is 10.6 Å². The van der Waals surface area contributed by atoms with Crippen LogP contribution in [0.15, 0.2) is 28.7 Å². The summed E-state index contributed by atoms with van der Waals surface area (Å²) >= 11 is 3.48. The van der Waals surface area contributed by atoms with E-state index in [0.717, 1.165) is 36.8 Å². The van der Waals surface area contributed by atoms with Crippen molar-refractivity contribution in [3.8, 4) is 0 Å². The quantitative estimate of drug-likeness (QED) is 0.810. The van der Waals surface area contributed by atoms with E-state index in [9.17, 15) is 4.79 Å². The maximum absolute atomic E-state index is 12.7. The average Bonchev–Trinajstić information content (AvgIpc) is 2.48. The smallest absolute Gasteiger partial charge is 0.228 e. The zero-order valence-corrected chi connectivity index (χ0v) is 14.9. The van der Waals surface area contributed by atoms with Gasteiger partial charge >= 0.3 is 0 Å². The fourth-order valence-electron chi connectivity index (χ4n) is 3.06. The molecule has 1 atom stereocenters. The number of carbonyl (C=O) groups excluding carboxylic acids is 1. The Kier molecular flexibility index (Phi) is 6.41. The summed E-state index contributed by atoms with van der Waals surface area (Å²) in [6, 6.07) is 8.31. The fraction of sp³-hybridized carbons (Fsp3) is 0.588. The summed E-state index contributed by atoms with van der Waals surface area (Å²) < 4.78 is 6.39. The number of methoxy groups -OCH3 is 1. The molecule has 1 aliphatic rings. The molecule has 1 fully saturated rings. The Hall–Kier alpha value is -0.910. The van der Waals surface area contributed by atoms with Crippen LogP contribution in [0.3, 0.4) is 0 Å².